The molecule has 0 saturated heterocycles. The Morgan fingerprint density at radius 3 is 2.15 bits per heavy atom. The van der Waals surface area contributed by atoms with Crippen LogP contribution in [0.3, 0.4) is 0 Å². The van der Waals surface area contributed by atoms with Gasteiger partial charge in [0, 0.05) is 37.9 Å². The first-order valence-electron chi connectivity index (χ1n) is 17.9. The number of benzene rings is 5. The van der Waals surface area contributed by atoms with Crippen LogP contribution in [0.25, 0.3) is 66.0 Å². The van der Waals surface area contributed by atoms with Crippen LogP contribution in [0.1, 0.15) is 63.8 Å². The number of fused-ring (bicyclic) bond motifs is 6. The van der Waals surface area contributed by atoms with Crippen molar-refractivity contribution in [1.82, 2.24) is 9.97 Å². The molecule has 5 aromatic carbocycles. The van der Waals surface area contributed by atoms with Gasteiger partial charge >= 0.3 is 0 Å². The van der Waals surface area contributed by atoms with Crippen molar-refractivity contribution in [2.45, 2.75) is 68.2 Å². The number of rotatable bonds is 4. The summed E-state index contributed by atoms with van der Waals surface area (Å²) in [4.78, 5) is 9.26. The summed E-state index contributed by atoms with van der Waals surface area (Å²) in [7, 11) is 0. The molecule has 1 radical (unpaired) electrons. The van der Waals surface area contributed by atoms with E-state index in [1.807, 2.05) is 24.5 Å². The third kappa shape index (κ3) is 8.20. The predicted molar refractivity (Wildman–Crippen MR) is 215 cm³/mol. The van der Waals surface area contributed by atoms with Crippen LogP contribution >= 0.6 is 0 Å². The molecule has 3 aromatic heterocycles. The average molecular weight is 859 g/mol. The minimum Gasteiger partial charge on any atom is -0.501 e. The van der Waals surface area contributed by atoms with Crippen LogP contribution in [0.15, 0.2) is 114 Å². The van der Waals surface area contributed by atoms with E-state index in [4.69, 9.17) is 4.42 Å². The molecule has 0 spiro atoms. The molecular formula is C48H46IrN2O-2. The maximum absolute atomic E-state index is 6.46. The topological polar surface area (TPSA) is 38.9 Å². The largest absolute Gasteiger partial charge is 0.501 e. The molecule has 0 aliphatic rings. The van der Waals surface area contributed by atoms with Crippen molar-refractivity contribution in [3.8, 4) is 22.5 Å². The molecule has 8 aromatic rings. The smallest absolute Gasteiger partial charge is 0.121 e. The Bertz CT molecular complexity index is 2510. The Morgan fingerprint density at radius 1 is 0.654 bits per heavy atom. The van der Waals surface area contributed by atoms with Crippen molar-refractivity contribution in [3.05, 3.63) is 144 Å². The van der Waals surface area contributed by atoms with Gasteiger partial charge in [-0.05, 0) is 87.3 Å². The van der Waals surface area contributed by atoms with Crippen molar-refractivity contribution < 1.29 is 24.5 Å². The number of pyridine rings is 2. The van der Waals surface area contributed by atoms with Gasteiger partial charge in [0.25, 0.3) is 0 Å². The summed E-state index contributed by atoms with van der Waals surface area (Å²) >= 11 is 0. The zero-order valence-electron chi connectivity index (χ0n) is 31.4. The van der Waals surface area contributed by atoms with Gasteiger partial charge in [-0.15, -0.1) is 53.6 Å². The van der Waals surface area contributed by atoms with Gasteiger partial charge in [-0.3, -0.25) is 0 Å². The van der Waals surface area contributed by atoms with Crippen LogP contribution in [0.5, 0.6) is 0 Å². The van der Waals surface area contributed by atoms with Crippen LogP contribution in [-0.2, 0) is 32.9 Å². The molecule has 0 fully saturated rings. The molecule has 0 N–H and O–H groups in total. The Hall–Kier alpha value is -4.63. The molecule has 3 nitrogen and oxygen atoms in total. The summed E-state index contributed by atoms with van der Waals surface area (Å²) < 4.78 is 6.46. The first kappa shape index (κ1) is 37.1. The van der Waals surface area contributed by atoms with E-state index in [-0.39, 0.29) is 25.5 Å². The second-order valence-electron chi connectivity index (χ2n) is 16.4. The van der Waals surface area contributed by atoms with Crippen molar-refractivity contribution in [2.75, 3.05) is 0 Å². The monoisotopic (exact) mass is 859 g/mol. The summed E-state index contributed by atoms with van der Waals surface area (Å²) in [6.45, 7) is 17.8. The summed E-state index contributed by atoms with van der Waals surface area (Å²) in [6.07, 6.45) is 5.97. The van der Waals surface area contributed by atoms with Crippen LogP contribution in [0.2, 0.25) is 0 Å². The normalized spacial score (nSPS) is 11.8. The Kier molecular flexibility index (Phi) is 10.6. The first-order valence-corrected chi connectivity index (χ1v) is 17.9. The van der Waals surface area contributed by atoms with Crippen molar-refractivity contribution >= 4 is 43.5 Å². The number of aryl methyl sites for hydroxylation is 2. The molecule has 0 aliphatic heterocycles. The van der Waals surface area contributed by atoms with E-state index in [9.17, 15) is 0 Å². The first-order chi connectivity index (χ1) is 24.3. The Balaban J connectivity index is 0.000000200. The minimum absolute atomic E-state index is 0. The van der Waals surface area contributed by atoms with E-state index >= 15 is 0 Å². The van der Waals surface area contributed by atoms with Gasteiger partial charge in [-0.1, -0.05) is 119 Å². The number of hydrogen-bond donors (Lipinski definition) is 0. The summed E-state index contributed by atoms with van der Waals surface area (Å²) in [5, 5.41) is 7.15. The van der Waals surface area contributed by atoms with E-state index in [1.165, 1.54) is 43.8 Å². The predicted octanol–water partition coefficient (Wildman–Crippen LogP) is 13.1. The van der Waals surface area contributed by atoms with Gasteiger partial charge < -0.3 is 14.4 Å². The maximum atomic E-state index is 6.46. The standard InChI is InChI=1S/C30H24NO.C18H22N.Ir/c1-30(2,3)18-19-13-14-31-27(15-19)24-10-6-9-23-26-16-21-12-11-20-7-4-5-8-22(20)25(21)17-28(26)32-29(23)24;1-13-6-8-15(9-7-13)17-10-14(2)16(12-19-17)11-18(3,4)5;/h4-9,11-17H,18H2,1-3H3;6-8,10,12H,11H2,1-5H3;/q2*-1;. The van der Waals surface area contributed by atoms with E-state index in [0.717, 1.165) is 57.3 Å². The van der Waals surface area contributed by atoms with E-state index in [1.54, 1.807) is 0 Å². The van der Waals surface area contributed by atoms with Crippen LogP contribution in [-0.4, -0.2) is 9.97 Å². The fourth-order valence-corrected chi connectivity index (χ4v) is 6.92. The molecule has 3 heterocycles. The molecule has 0 bridgehead atoms. The molecule has 52 heavy (non-hydrogen) atoms. The second kappa shape index (κ2) is 14.8. The average Bonchev–Trinajstić information content (AvgIpc) is 3.45. The second-order valence-corrected chi connectivity index (χ2v) is 16.4. The molecule has 4 heteroatoms. The zero-order valence-corrected chi connectivity index (χ0v) is 33.8. The van der Waals surface area contributed by atoms with Crippen molar-refractivity contribution in [1.29, 1.82) is 0 Å². The van der Waals surface area contributed by atoms with Gasteiger partial charge in [0.2, 0.25) is 0 Å². The third-order valence-corrected chi connectivity index (χ3v) is 9.30. The number of hydrogen-bond acceptors (Lipinski definition) is 3. The Morgan fingerprint density at radius 2 is 1.42 bits per heavy atom. The zero-order chi connectivity index (χ0) is 35.9. The molecule has 0 atom stereocenters. The van der Waals surface area contributed by atoms with E-state index in [0.29, 0.717) is 5.41 Å². The Labute approximate surface area is 321 Å². The molecule has 8 rings (SSSR count). The SMILES string of the molecule is CC(C)(C)Cc1ccnc(-c2[c-]ccc3c2oc2cc4c(ccc5ccccc54)cc23)c1.Cc1c[c-]c(-c2cc(C)c(CC(C)(C)C)cn2)cc1.[Ir]. The van der Waals surface area contributed by atoms with Gasteiger partial charge in [-0.25, -0.2) is 0 Å². The van der Waals surface area contributed by atoms with Gasteiger partial charge in [0.15, 0.2) is 0 Å². The fourth-order valence-electron chi connectivity index (χ4n) is 6.92. The molecular weight excluding hydrogens is 813 g/mol. The summed E-state index contributed by atoms with van der Waals surface area (Å²) in [5.74, 6) is 0. The summed E-state index contributed by atoms with van der Waals surface area (Å²) in [6, 6.07) is 40.7. The third-order valence-electron chi connectivity index (χ3n) is 9.30. The van der Waals surface area contributed by atoms with Gasteiger partial charge in [0.05, 0.1) is 5.58 Å². The molecule has 0 amide bonds. The summed E-state index contributed by atoms with van der Waals surface area (Å²) in [5.41, 5.74) is 11.3. The van der Waals surface area contributed by atoms with Crippen molar-refractivity contribution in [3.63, 3.8) is 0 Å². The van der Waals surface area contributed by atoms with Crippen molar-refractivity contribution in [2.24, 2.45) is 10.8 Å². The van der Waals surface area contributed by atoms with E-state index in [2.05, 4.69) is 162 Å². The fraction of sp³-hybridized carbons (Fsp3) is 0.250. The van der Waals surface area contributed by atoms with Crippen LogP contribution in [0.4, 0.5) is 0 Å². The van der Waals surface area contributed by atoms with E-state index < -0.39 is 0 Å². The van der Waals surface area contributed by atoms with Gasteiger partial charge in [-0.2, -0.15) is 0 Å². The molecule has 0 unspecified atom stereocenters. The quantitative estimate of drug-likeness (QED) is 0.131. The minimum atomic E-state index is 0. The number of aromatic nitrogens is 2. The molecule has 265 valence electrons. The number of furan rings is 1. The molecule has 0 saturated carbocycles. The van der Waals surface area contributed by atoms with Crippen LogP contribution in [0, 0.1) is 36.8 Å². The van der Waals surface area contributed by atoms with Gasteiger partial charge in [0.1, 0.15) is 5.58 Å². The number of nitrogens with zero attached hydrogens (tertiary/aromatic N) is 2. The molecule has 0 aliphatic carbocycles. The van der Waals surface area contributed by atoms with Crippen LogP contribution < -0.4 is 0 Å². The maximum Gasteiger partial charge on any atom is 0.121 e.